The van der Waals surface area contributed by atoms with E-state index in [1.54, 1.807) is 11.4 Å². The van der Waals surface area contributed by atoms with E-state index in [2.05, 4.69) is 0 Å². The van der Waals surface area contributed by atoms with Crippen LogP contribution in [0.2, 0.25) is 5.02 Å². The molecule has 0 bridgehead atoms. The number of nitrogens with two attached hydrogens (primary N) is 1. The number of anilines is 1. The molecule has 2 N–H and O–H groups in total. The lowest BCUT2D eigenvalue weighted by Gasteiger charge is -2.06. The molecule has 1 nitrogen and oxygen atoms in total. The van der Waals surface area contributed by atoms with Crippen molar-refractivity contribution in [1.82, 2.24) is 0 Å². The van der Waals surface area contributed by atoms with Crippen LogP contribution in [0.5, 0.6) is 0 Å². The van der Waals surface area contributed by atoms with Crippen LogP contribution in [0.1, 0.15) is 12.0 Å². The summed E-state index contributed by atoms with van der Waals surface area (Å²) >= 11 is 7.22. The summed E-state index contributed by atoms with van der Waals surface area (Å²) in [6.07, 6.45) is -2.59. The van der Waals surface area contributed by atoms with Crippen molar-refractivity contribution in [1.29, 1.82) is 0 Å². The maximum Gasteiger partial charge on any atom is 0.265 e. The predicted molar refractivity (Wildman–Crippen MR) is 56.2 cm³/mol. The van der Waals surface area contributed by atoms with Gasteiger partial charge in [0.2, 0.25) is 0 Å². The Hall–Kier alpha value is -0.870. The number of hydrogen-bond donors (Lipinski definition) is 1. The Kier molecular flexibility index (Phi) is 2.33. The highest BCUT2D eigenvalue weighted by Gasteiger charge is 2.16. The van der Waals surface area contributed by atoms with Crippen molar-refractivity contribution in [2.45, 2.75) is 6.43 Å². The first-order valence-corrected chi connectivity index (χ1v) is 5.10. The van der Waals surface area contributed by atoms with Crippen LogP contribution in [0.4, 0.5) is 14.5 Å². The van der Waals surface area contributed by atoms with Crippen LogP contribution in [0.15, 0.2) is 17.5 Å². The Morgan fingerprint density at radius 2 is 2.14 bits per heavy atom. The maximum absolute atomic E-state index is 12.5. The molecule has 2 rings (SSSR count). The molecule has 5 heteroatoms. The first-order valence-electron chi connectivity index (χ1n) is 3.84. The molecule has 0 aliphatic carbocycles. The minimum atomic E-state index is -2.59. The lowest BCUT2D eigenvalue weighted by atomic mass is 10.1. The average molecular weight is 234 g/mol. The van der Waals surface area contributed by atoms with Crippen LogP contribution in [-0.2, 0) is 0 Å². The van der Waals surface area contributed by atoms with E-state index in [1.165, 1.54) is 17.4 Å². The van der Waals surface area contributed by atoms with Gasteiger partial charge in [-0.25, -0.2) is 8.78 Å². The fraction of sp³-hybridized carbons (Fsp3) is 0.111. The Bertz CT molecular complexity index is 481. The van der Waals surface area contributed by atoms with Gasteiger partial charge in [0, 0.05) is 10.9 Å². The molecule has 0 fully saturated rings. The van der Waals surface area contributed by atoms with Gasteiger partial charge in [0.05, 0.1) is 15.4 Å². The third-order valence-corrected chi connectivity index (χ3v) is 3.35. The number of fused-ring (bicyclic) bond motifs is 1. The fourth-order valence-corrected chi connectivity index (χ4v) is 2.50. The van der Waals surface area contributed by atoms with Crippen molar-refractivity contribution in [2.75, 3.05) is 5.73 Å². The molecule has 74 valence electrons. The molecule has 14 heavy (non-hydrogen) atoms. The summed E-state index contributed by atoms with van der Waals surface area (Å²) in [5.74, 6) is 0. The van der Waals surface area contributed by atoms with E-state index in [-0.39, 0.29) is 10.6 Å². The number of rotatable bonds is 1. The molecule has 1 aromatic carbocycles. The van der Waals surface area contributed by atoms with Gasteiger partial charge < -0.3 is 5.73 Å². The largest absolute Gasteiger partial charge is 0.398 e. The average Bonchev–Trinajstić information content (AvgIpc) is 2.59. The number of alkyl halides is 2. The van der Waals surface area contributed by atoms with E-state index in [4.69, 9.17) is 17.3 Å². The van der Waals surface area contributed by atoms with Gasteiger partial charge >= 0.3 is 0 Å². The second kappa shape index (κ2) is 3.37. The zero-order valence-corrected chi connectivity index (χ0v) is 8.50. The zero-order chi connectivity index (χ0) is 10.3. The standard InChI is InChI=1S/C9H6ClF2NS/c10-7-4-1-2-14-8(4)6(13)3-5(7)9(11)12/h1-3,9H,13H2. The molecule has 0 spiro atoms. The van der Waals surface area contributed by atoms with E-state index in [9.17, 15) is 8.78 Å². The van der Waals surface area contributed by atoms with E-state index in [0.717, 1.165) is 4.70 Å². The summed E-state index contributed by atoms with van der Waals surface area (Å²) in [7, 11) is 0. The molecular weight excluding hydrogens is 228 g/mol. The van der Waals surface area contributed by atoms with Gasteiger partial charge in [0.25, 0.3) is 6.43 Å². The molecule has 0 aliphatic heterocycles. The number of hydrogen-bond acceptors (Lipinski definition) is 2. The molecule has 0 atom stereocenters. The Morgan fingerprint density at radius 1 is 1.43 bits per heavy atom. The molecule has 0 unspecified atom stereocenters. The SMILES string of the molecule is Nc1cc(C(F)F)c(Cl)c2ccsc12. The van der Waals surface area contributed by atoms with Crippen LogP contribution in [0.3, 0.4) is 0 Å². The predicted octanol–water partition coefficient (Wildman–Crippen LogP) is 4.07. The maximum atomic E-state index is 12.5. The molecule has 0 saturated heterocycles. The van der Waals surface area contributed by atoms with E-state index in [0.29, 0.717) is 11.1 Å². The molecule has 2 aromatic rings. The van der Waals surface area contributed by atoms with Crippen LogP contribution in [-0.4, -0.2) is 0 Å². The number of nitrogen functional groups attached to an aromatic ring is 1. The van der Waals surface area contributed by atoms with Crippen molar-refractivity contribution in [3.63, 3.8) is 0 Å². The molecule has 0 amide bonds. The van der Waals surface area contributed by atoms with Gasteiger partial charge in [-0.1, -0.05) is 11.6 Å². The fourth-order valence-electron chi connectivity index (χ4n) is 1.32. The zero-order valence-electron chi connectivity index (χ0n) is 6.93. The van der Waals surface area contributed by atoms with E-state index >= 15 is 0 Å². The summed E-state index contributed by atoms with van der Waals surface area (Å²) in [5.41, 5.74) is 5.78. The summed E-state index contributed by atoms with van der Waals surface area (Å²) in [5, 5.41) is 2.49. The van der Waals surface area contributed by atoms with Crippen molar-refractivity contribution in [2.24, 2.45) is 0 Å². The minimum Gasteiger partial charge on any atom is -0.398 e. The van der Waals surface area contributed by atoms with Gasteiger partial charge in [-0.2, -0.15) is 0 Å². The van der Waals surface area contributed by atoms with E-state index in [1.807, 2.05) is 0 Å². The quantitative estimate of drug-likeness (QED) is 0.738. The molecule has 1 aromatic heterocycles. The van der Waals surface area contributed by atoms with Gasteiger partial charge in [0.15, 0.2) is 0 Å². The first kappa shape index (κ1) is 9.68. The first-order chi connectivity index (χ1) is 6.61. The third kappa shape index (κ3) is 1.35. The number of thiophene rings is 1. The van der Waals surface area contributed by atoms with Crippen LogP contribution < -0.4 is 5.73 Å². The smallest absolute Gasteiger partial charge is 0.265 e. The number of benzene rings is 1. The molecule has 0 aliphatic rings. The Labute approximate surface area is 88.1 Å². The highest BCUT2D eigenvalue weighted by atomic mass is 35.5. The molecule has 1 heterocycles. The van der Waals surface area contributed by atoms with Gasteiger partial charge in [-0.15, -0.1) is 11.3 Å². The Morgan fingerprint density at radius 3 is 2.79 bits per heavy atom. The lowest BCUT2D eigenvalue weighted by Crippen LogP contribution is -1.91. The summed E-state index contributed by atoms with van der Waals surface area (Å²) in [6.45, 7) is 0. The lowest BCUT2D eigenvalue weighted by molar-refractivity contribution is 0.151. The summed E-state index contributed by atoms with van der Waals surface area (Å²) < 4.78 is 25.8. The topological polar surface area (TPSA) is 26.0 Å². The van der Waals surface area contributed by atoms with Gasteiger partial charge in [0.1, 0.15) is 0 Å². The van der Waals surface area contributed by atoms with Crippen molar-refractivity contribution < 1.29 is 8.78 Å². The molecule has 0 radical (unpaired) electrons. The highest BCUT2D eigenvalue weighted by molar-refractivity contribution is 7.18. The Balaban J connectivity index is 2.82. The second-order valence-corrected chi connectivity index (χ2v) is 4.13. The van der Waals surface area contributed by atoms with Crippen molar-refractivity contribution >= 4 is 38.7 Å². The van der Waals surface area contributed by atoms with Crippen molar-refractivity contribution in [3.8, 4) is 0 Å². The molecular formula is C9H6ClF2NS. The molecule has 0 saturated carbocycles. The summed E-state index contributed by atoms with van der Waals surface area (Å²) in [6, 6.07) is 2.94. The second-order valence-electron chi connectivity index (χ2n) is 2.83. The highest BCUT2D eigenvalue weighted by Crippen LogP contribution is 2.39. The summed E-state index contributed by atoms with van der Waals surface area (Å²) in [4.78, 5) is 0. The number of halogens is 3. The van der Waals surface area contributed by atoms with Gasteiger partial charge in [-0.3, -0.25) is 0 Å². The van der Waals surface area contributed by atoms with E-state index < -0.39 is 6.43 Å². The van der Waals surface area contributed by atoms with Gasteiger partial charge in [-0.05, 0) is 17.5 Å². The monoisotopic (exact) mass is 233 g/mol. The minimum absolute atomic E-state index is 0.102. The van der Waals surface area contributed by atoms with Crippen molar-refractivity contribution in [3.05, 3.63) is 28.1 Å². The van der Waals surface area contributed by atoms with Crippen LogP contribution in [0.25, 0.3) is 10.1 Å². The van der Waals surface area contributed by atoms with Crippen LogP contribution in [0, 0.1) is 0 Å². The normalized spacial score (nSPS) is 11.4. The third-order valence-electron chi connectivity index (χ3n) is 1.96. The van der Waals surface area contributed by atoms with Crippen LogP contribution >= 0.6 is 22.9 Å².